The van der Waals surface area contributed by atoms with Crippen molar-refractivity contribution in [2.75, 3.05) is 0 Å². The molecule has 1 aromatic carbocycles. The number of allylic oxidation sites excluding steroid dienone is 1. The van der Waals surface area contributed by atoms with Gasteiger partial charge in [0.25, 0.3) is 0 Å². The molecule has 0 aliphatic carbocycles. The summed E-state index contributed by atoms with van der Waals surface area (Å²) in [6.07, 6.45) is 0. The molecule has 0 amide bonds. The van der Waals surface area contributed by atoms with Crippen molar-refractivity contribution < 1.29 is 4.43 Å². The van der Waals surface area contributed by atoms with Crippen LogP contribution in [0.1, 0.15) is 61.0 Å². The molecular formula is C23H40OSi2. The van der Waals surface area contributed by atoms with Crippen LogP contribution < -0.4 is 0 Å². The molecule has 0 saturated carbocycles. The minimum Gasteiger partial charge on any atom is -0.403 e. The molecule has 26 heavy (non-hydrogen) atoms. The van der Waals surface area contributed by atoms with Crippen molar-refractivity contribution >= 4 is 16.4 Å². The molecule has 0 aromatic heterocycles. The van der Waals surface area contributed by atoms with Crippen LogP contribution in [0, 0.1) is 0 Å². The van der Waals surface area contributed by atoms with Crippen LogP contribution in [0.25, 0.3) is 0 Å². The van der Waals surface area contributed by atoms with Crippen LogP contribution in [0.5, 0.6) is 0 Å². The van der Waals surface area contributed by atoms with E-state index in [4.69, 9.17) is 4.43 Å². The first-order chi connectivity index (χ1) is 11.6. The lowest BCUT2D eigenvalue weighted by molar-refractivity contribution is 0.121. The van der Waals surface area contributed by atoms with Crippen molar-refractivity contribution in [2.45, 2.75) is 96.8 Å². The van der Waals surface area contributed by atoms with Crippen LogP contribution in [-0.4, -0.2) is 16.4 Å². The molecule has 1 heterocycles. The Morgan fingerprint density at radius 3 is 1.81 bits per heavy atom. The van der Waals surface area contributed by atoms with Gasteiger partial charge in [-0.2, -0.15) is 0 Å². The van der Waals surface area contributed by atoms with Crippen LogP contribution in [0.4, 0.5) is 0 Å². The minimum atomic E-state index is -2.09. The molecule has 0 bridgehead atoms. The lowest BCUT2D eigenvalue weighted by Crippen LogP contribution is -2.53. The maximum Gasteiger partial charge on any atom is 0.209 e. The third-order valence-electron chi connectivity index (χ3n) is 6.71. The first-order valence-electron chi connectivity index (χ1n) is 10.0. The molecule has 0 spiro atoms. The molecule has 1 aromatic rings. The Morgan fingerprint density at radius 1 is 0.962 bits per heavy atom. The van der Waals surface area contributed by atoms with Crippen LogP contribution in [0.15, 0.2) is 41.1 Å². The molecule has 1 nitrogen and oxygen atoms in total. The molecule has 1 aliphatic heterocycles. The van der Waals surface area contributed by atoms with Crippen LogP contribution in [0.3, 0.4) is 0 Å². The van der Waals surface area contributed by atoms with Gasteiger partial charge in [-0.1, -0.05) is 96.7 Å². The van der Waals surface area contributed by atoms with Crippen LogP contribution in [0.2, 0.25) is 35.8 Å². The van der Waals surface area contributed by atoms with Crippen molar-refractivity contribution in [3.8, 4) is 0 Å². The smallest absolute Gasteiger partial charge is 0.209 e. The Balaban J connectivity index is 2.82. The summed E-state index contributed by atoms with van der Waals surface area (Å²) in [7, 11) is -3.50. The van der Waals surface area contributed by atoms with Crippen LogP contribution >= 0.6 is 0 Å². The van der Waals surface area contributed by atoms with Crippen molar-refractivity contribution in [3.63, 3.8) is 0 Å². The molecule has 1 atom stereocenters. The quantitative estimate of drug-likeness (QED) is 0.472. The van der Waals surface area contributed by atoms with E-state index in [0.29, 0.717) is 0 Å². The van der Waals surface area contributed by atoms with Gasteiger partial charge in [0.05, 0.1) is 13.7 Å². The lowest BCUT2D eigenvalue weighted by atomic mass is 9.88. The summed E-state index contributed by atoms with van der Waals surface area (Å²) in [5, 5.41) is 2.00. The van der Waals surface area contributed by atoms with E-state index >= 15 is 0 Å². The highest BCUT2D eigenvalue weighted by Gasteiger charge is 2.64. The molecular weight excluding hydrogens is 348 g/mol. The normalized spacial score (nSPS) is 26.1. The fraction of sp³-hybridized carbons (Fsp3) is 0.652. The van der Waals surface area contributed by atoms with E-state index in [1.165, 1.54) is 5.56 Å². The molecule has 1 unspecified atom stereocenters. The fourth-order valence-electron chi connectivity index (χ4n) is 4.76. The van der Waals surface area contributed by atoms with E-state index in [-0.39, 0.29) is 15.7 Å². The molecule has 1 saturated heterocycles. The van der Waals surface area contributed by atoms with Gasteiger partial charge in [0.2, 0.25) is 8.32 Å². The highest BCUT2D eigenvalue weighted by molar-refractivity contribution is 6.84. The Morgan fingerprint density at radius 2 is 1.42 bits per heavy atom. The summed E-state index contributed by atoms with van der Waals surface area (Å²) in [5.74, 6) is 0. The lowest BCUT2D eigenvalue weighted by Gasteiger charge is -2.49. The summed E-state index contributed by atoms with van der Waals surface area (Å²) >= 11 is 0. The minimum absolute atomic E-state index is 0.183. The zero-order valence-corrected chi connectivity index (χ0v) is 21.0. The molecule has 0 N–H and O–H groups in total. The van der Waals surface area contributed by atoms with Crippen molar-refractivity contribution in [3.05, 3.63) is 46.7 Å². The van der Waals surface area contributed by atoms with E-state index < -0.39 is 16.4 Å². The van der Waals surface area contributed by atoms with Gasteiger partial charge in [-0.15, -0.1) is 0 Å². The maximum absolute atomic E-state index is 7.38. The molecule has 146 valence electrons. The first kappa shape index (κ1) is 21.7. The number of rotatable bonds is 2. The van der Waals surface area contributed by atoms with Gasteiger partial charge in [-0.3, -0.25) is 0 Å². The fourth-order valence-corrected chi connectivity index (χ4v) is 12.2. The largest absolute Gasteiger partial charge is 0.403 e. The van der Waals surface area contributed by atoms with Gasteiger partial charge in [0.1, 0.15) is 0 Å². The predicted octanol–water partition coefficient (Wildman–Crippen LogP) is 7.67. The summed E-state index contributed by atoms with van der Waals surface area (Å²) in [6.45, 7) is 26.6. The molecule has 3 heteroatoms. The monoisotopic (exact) mass is 388 g/mol. The Bertz CT molecular complexity index is 670. The maximum atomic E-state index is 7.38. The average molecular weight is 389 g/mol. The van der Waals surface area contributed by atoms with E-state index in [1.54, 1.807) is 10.8 Å². The van der Waals surface area contributed by atoms with Gasteiger partial charge in [0.15, 0.2) is 0 Å². The van der Waals surface area contributed by atoms with Crippen LogP contribution in [-0.2, 0) is 10.0 Å². The highest BCUT2D eigenvalue weighted by Crippen LogP contribution is 2.64. The zero-order chi connectivity index (χ0) is 20.2. The second-order valence-corrected chi connectivity index (χ2v) is 21.8. The SMILES string of the molecule is C/C(=C1/C[Si](C(C)(C)C)(C(C)(C)C)OC1(C)c1ccccc1)[Si](C)(C)C. The Kier molecular flexibility index (Phi) is 5.38. The first-order valence-corrected chi connectivity index (χ1v) is 15.6. The Hall–Kier alpha value is -0.646. The van der Waals surface area contributed by atoms with Gasteiger partial charge >= 0.3 is 0 Å². The topological polar surface area (TPSA) is 9.23 Å². The predicted molar refractivity (Wildman–Crippen MR) is 121 cm³/mol. The molecule has 1 aliphatic rings. The van der Waals surface area contributed by atoms with Crippen molar-refractivity contribution in [1.82, 2.24) is 0 Å². The summed E-state index contributed by atoms with van der Waals surface area (Å²) in [5.41, 5.74) is 2.60. The second kappa shape index (κ2) is 6.46. The van der Waals surface area contributed by atoms with E-state index in [9.17, 15) is 0 Å². The molecule has 0 radical (unpaired) electrons. The number of hydrogen-bond acceptors (Lipinski definition) is 1. The van der Waals surface area contributed by atoms with E-state index in [2.05, 4.69) is 105 Å². The molecule has 1 fully saturated rings. The average Bonchev–Trinajstić information content (AvgIpc) is 2.82. The number of benzene rings is 1. The zero-order valence-electron chi connectivity index (χ0n) is 19.0. The summed E-state index contributed by atoms with van der Waals surface area (Å²) < 4.78 is 7.38. The molecule has 2 rings (SSSR count). The standard InChI is InChI=1S/C23H40OSi2/c1-18(25(9,10)11)20-17-26(21(2,3)4,22(5,6)7)24-23(20,8)19-15-13-12-14-16-19/h12-16H,17H2,1-11H3/b20-18+. The third kappa shape index (κ3) is 3.43. The van der Waals surface area contributed by atoms with Gasteiger partial charge < -0.3 is 4.43 Å². The highest BCUT2D eigenvalue weighted by atomic mass is 28.4. The summed E-state index contributed by atoms with van der Waals surface area (Å²) in [4.78, 5) is 0. The van der Waals surface area contributed by atoms with E-state index in [1.807, 2.05) is 0 Å². The Labute approximate surface area is 164 Å². The summed E-state index contributed by atoms with van der Waals surface area (Å²) in [6, 6.07) is 12.1. The van der Waals surface area contributed by atoms with E-state index in [0.717, 1.165) is 6.04 Å². The second-order valence-electron chi connectivity index (χ2n) is 11.4. The van der Waals surface area contributed by atoms with Gasteiger partial charge in [-0.25, -0.2) is 0 Å². The van der Waals surface area contributed by atoms with Crippen molar-refractivity contribution in [1.29, 1.82) is 0 Å². The number of hydrogen-bond donors (Lipinski definition) is 0. The van der Waals surface area contributed by atoms with Gasteiger partial charge in [0, 0.05) is 0 Å². The van der Waals surface area contributed by atoms with Crippen molar-refractivity contribution in [2.24, 2.45) is 0 Å². The van der Waals surface area contributed by atoms with Gasteiger partial charge in [-0.05, 0) is 41.1 Å². The third-order valence-corrected chi connectivity index (χ3v) is 15.7.